The smallest absolute Gasteiger partial charge is 0.140 e. The molecule has 0 spiro atoms. The molecule has 0 fully saturated rings. The van der Waals surface area contributed by atoms with Gasteiger partial charge < -0.3 is 5.11 Å². The van der Waals surface area contributed by atoms with E-state index < -0.39 is 6.08 Å². The fourth-order valence-corrected chi connectivity index (χ4v) is 2.48. The second-order valence-corrected chi connectivity index (χ2v) is 4.56. The fraction of sp³-hybridized carbons (Fsp3) is 0.0625. The summed E-state index contributed by atoms with van der Waals surface area (Å²) in [7, 11) is 0. The minimum Gasteiger partial charge on any atom is -0.380 e. The summed E-state index contributed by atoms with van der Waals surface area (Å²) >= 11 is 0. The Balaban J connectivity index is 1.99. The second-order valence-electron chi connectivity index (χ2n) is 4.56. The Hall–Kier alpha value is -2.39. The van der Waals surface area contributed by atoms with Crippen LogP contribution in [0.15, 0.2) is 65.8 Å². The summed E-state index contributed by atoms with van der Waals surface area (Å²) in [4.78, 5) is 0. The lowest BCUT2D eigenvalue weighted by atomic mass is 10.0. The topological polar surface area (TPSA) is 37.5 Å². The summed E-state index contributed by atoms with van der Waals surface area (Å²) in [6.45, 7) is 0. The average Bonchev–Trinajstić information content (AvgIpc) is 2.96. The maximum absolute atomic E-state index is 10.6. The Morgan fingerprint density at radius 3 is 2.63 bits per heavy atom. The Kier molecular flexibility index (Phi) is 1.91. The highest BCUT2D eigenvalue weighted by atomic mass is 16.3. The van der Waals surface area contributed by atoms with Crippen molar-refractivity contribution in [1.29, 1.82) is 0 Å². The van der Waals surface area contributed by atoms with Gasteiger partial charge in [-0.05, 0) is 12.1 Å². The first-order valence-electron chi connectivity index (χ1n) is 6.66. The van der Waals surface area contributed by atoms with Crippen LogP contribution in [0.2, 0.25) is 0 Å². The number of nitrogens with zero attached hydrogens (tertiary/aromatic N) is 2. The molecule has 1 aliphatic rings. The molecule has 3 heteroatoms. The molecule has 0 saturated carbocycles. The van der Waals surface area contributed by atoms with Crippen molar-refractivity contribution in [2.24, 2.45) is 5.10 Å². The van der Waals surface area contributed by atoms with Crippen molar-refractivity contribution in [2.75, 3.05) is 0 Å². The third-order valence-electron chi connectivity index (χ3n) is 3.40. The Morgan fingerprint density at radius 2 is 1.79 bits per heavy atom. The molecule has 1 atom stereocenters. The van der Waals surface area contributed by atoms with Crippen LogP contribution in [0.1, 0.15) is 18.7 Å². The summed E-state index contributed by atoms with van der Waals surface area (Å²) in [5.74, 6) is 0. The van der Waals surface area contributed by atoms with Crippen LogP contribution < -0.4 is 0 Å². The van der Waals surface area contributed by atoms with E-state index in [2.05, 4.69) is 5.10 Å². The number of hydrogen-bond donors (Lipinski definition) is 1. The van der Waals surface area contributed by atoms with Gasteiger partial charge in [0.1, 0.15) is 11.8 Å². The highest BCUT2D eigenvalue weighted by molar-refractivity contribution is 6.06. The van der Waals surface area contributed by atoms with E-state index in [1.807, 2.05) is 60.7 Å². The van der Waals surface area contributed by atoms with Crippen LogP contribution in [-0.2, 0) is 0 Å². The van der Waals surface area contributed by atoms with Crippen molar-refractivity contribution in [3.8, 4) is 0 Å². The minimum absolute atomic E-state index is 0.360. The molecule has 0 aliphatic carbocycles. The average molecular weight is 249 g/mol. The number of fused-ring (bicyclic) bond motifs is 3. The Labute approximate surface area is 111 Å². The van der Waals surface area contributed by atoms with Gasteiger partial charge in [0, 0.05) is 10.9 Å². The van der Waals surface area contributed by atoms with Gasteiger partial charge in [-0.1, -0.05) is 48.5 Å². The quantitative estimate of drug-likeness (QED) is 0.707. The summed E-state index contributed by atoms with van der Waals surface area (Å²) in [6, 6.07) is 18.9. The highest BCUT2D eigenvalue weighted by Gasteiger charge is 2.28. The van der Waals surface area contributed by atoms with Crippen LogP contribution in [0.4, 0.5) is 0 Å². The molecule has 0 amide bonds. The van der Waals surface area contributed by atoms with Crippen molar-refractivity contribution >= 4 is 16.6 Å². The zero-order chi connectivity index (χ0) is 13.7. The zero-order valence-corrected chi connectivity index (χ0v) is 10.1. The molecule has 0 bridgehead atoms. The van der Waals surface area contributed by atoms with Gasteiger partial charge in [0.25, 0.3) is 0 Å². The third kappa shape index (κ3) is 1.45. The van der Waals surface area contributed by atoms with E-state index in [1.54, 1.807) is 4.68 Å². The number of benzene rings is 2. The van der Waals surface area contributed by atoms with E-state index in [9.17, 15) is 5.11 Å². The molecule has 1 unspecified atom stereocenters. The monoisotopic (exact) mass is 249 g/mol. The molecule has 0 radical (unpaired) electrons. The lowest BCUT2D eigenvalue weighted by molar-refractivity contribution is 0.247. The van der Waals surface area contributed by atoms with E-state index >= 15 is 0 Å². The van der Waals surface area contributed by atoms with E-state index in [1.165, 1.54) is 0 Å². The Morgan fingerprint density at radius 1 is 1.05 bits per heavy atom. The third-order valence-corrected chi connectivity index (χ3v) is 3.40. The van der Waals surface area contributed by atoms with E-state index in [0.717, 1.165) is 16.5 Å². The lowest BCUT2D eigenvalue weighted by Gasteiger charge is -2.05. The van der Waals surface area contributed by atoms with Crippen molar-refractivity contribution in [2.45, 2.75) is 6.08 Å². The normalized spacial score (nSPS) is 22.2. The first-order chi connectivity index (χ1) is 9.68. The molecule has 1 aromatic heterocycles. The van der Waals surface area contributed by atoms with Crippen LogP contribution in [0.5, 0.6) is 0 Å². The molecule has 0 saturated heterocycles. The van der Waals surface area contributed by atoms with Gasteiger partial charge in [-0.15, -0.1) is 0 Å². The number of rotatable bonds is 1. The first-order valence-corrected chi connectivity index (χ1v) is 6.16. The largest absolute Gasteiger partial charge is 0.380 e. The predicted molar refractivity (Wildman–Crippen MR) is 75.3 cm³/mol. The Bertz CT molecular complexity index is 834. The van der Waals surface area contributed by atoms with E-state index in [4.69, 9.17) is 1.37 Å². The number of hydrogen-bond acceptors (Lipinski definition) is 2. The molecule has 2 aromatic carbocycles. The second kappa shape index (κ2) is 3.80. The van der Waals surface area contributed by atoms with Crippen LogP contribution in [0.3, 0.4) is 0 Å². The SMILES string of the molecule is [2H]C1(O)C(c2ccccc2)=Nn2c1cc1ccccc12. The van der Waals surface area contributed by atoms with Crippen LogP contribution in [-0.4, -0.2) is 15.5 Å². The van der Waals surface area contributed by atoms with Gasteiger partial charge in [-0.2, -0.15) is 5.10 Å². The molecule has 1 N–H and O–H groups in total. The van der Waals surface area contributed by atoms with Gasteiger partial charge in [-0.25, -0.2) is 4.68 Å². The van der Waals surface area contributed by atoms with Crippen molar-refractivity contribution < 1.29 is 6.48 Å². The summed E-state index contributed by atoms with van der Waals surface area (Å²) in [6.07, 6.45) is -1.82. The molecular weight excluding hydrogens is 236 g/mol. The van der Waals surface area contributed by atoms with Crippen LogP contribution in [0.25, 0.3) is 10.9 Å². The molecule has 1 aliphatic heterocycles. The molecule has 3 nitrogen and oxygen atoms in total. The van der Waals surface area contributed by atoms with Crippen LogP contribution in [0, 0.1) is 0 Å². The lowest BCUT2D eigenvalue weighted by Crippen LogP contribution is -2.08. The van der Waals surface area contributed by atoms with E-state index in [0.29, 0.717) is 11.4 Å². The highest BCUT2D eigenvalue weighted by Crippen LogP contribution is 2.31. The van der Waals surface area contributed by atoms with Gasteiger partial charge >= 0.3 is 0 Å². The number of aliphatic hydroxyl groups is 1. The maximum atomic E-state index is 10.6. The first kappa shape index (κ1) is 9.53. The van der Waals surface area contributed by atoms with Crippen molar-refractivity contribution in [3.05, 3.63) is 71.9 Å². The molecule has 4 rings (SSSR count). The molecule has 92 valence electrons. The van der Waals surface area contributed by atoms with Gasteiger partial charge in [-0.3, -0.25) is 0 Å². The van der Waals surface area contributed by atoms with Gasteiger partial charge in [0.05, 0.1) is 12.6 Å². The van der Waals surface area contributed by atoms with Crippen LogP contribution >= 0.6 is 0 Å². The van der Waals surface area contributed by atoms with E-state index in [-0.39, 0.29) is 0 Å². The summed E-state index contributed by atoms with van der Waals surface area (Å²) in [5, 5.41) is 16.0. The zero-order valence-electron chi connectivity index (χ0n) is 11.1. The molecule has 3 aromatic rings. The molecule has 19 heavy (non-hydrogen) atoms. The summed E-state index contributed by atoms with van der Waals surface area (Å²) in [5.41, 5.74) is 2.51. The number of aromatic nitrogens is 1. The predicted octanol–water partition coefficient (Wildman–Crippen LogP) is 2.94. The molecular formula is C16H12N2O. The van der Waals surface area contributed by atoms with Crippen molar-refractivity contribution in [1.82, 2.24) is 4.68 Å². The number of para-hydroxylation sites is 1. The standard InChI is InChI=1S/C16H12N2O/c19-16-14-10-12-8-4-5-9-13(12)18(14)17-15(16)11-6-2-1-3-7-11/h1-10,16,19H/i16D. The maximum Gasteiger partial charge on any atom is 0.140 e. The minimum atomic E-state index is -1.82. The van der Waals surface area contributed by atoms with Crippen molar-refractivity contribution in [3.63, 3.8) is 0 Å². The molecule has 2 heterocycles. The fourth-order valence-electron chi connectivity index (χ4n) is 2.48. The van der Waals surface area contributed by atoms with Gasteiger partial charge in [0.15, 0.2) is 0 Å². The summed E-state index contributed by atoms with van der Waals surface area (Å²) < 4.78 is 9.96. The van der Waals surface area contributed by atoms with Gasteiger partial charge in [0.2, 0.25) is 0 Å².